The van der Waals surface area contributed by atoms with Crippen molar-refractivity contribution in [2.75, 3.05) is 32.8 Å². The lowest BCUT2D eigenvalue weighted by Gasteiger charge is -2.30. The number of rotatable bonds is 4. The Balaban J connectivity index is 1.27. The summed E-state index contributed by atoms with van der Waals surface area (Å²) in [4.78, 5) is 32.9. The van der Waals surface area contributed by atoms with Crippen LogP contribution in [0.2, 0.25) is 0 Å². The van der Waals surface area contributed by atoms with E-state index < -0.39 is 17.6 Å². The summed E-state index contributed by atoms with van der Waals surface area (Å²) in [5.41, 5.74) is 2.91. The Labute approximate surface area is 223 Å². The van der Waals surface area contributed by atoms with Gasteiger partial charge in [-0.15, -0.1) is 0 Å². The molecule has 0 aliphatic carbocycles. The van der Waals surface area contributed by atoms with Gasteiger partial charge < -0.3 is 9.64 Å². The van der Waals surface area contributed by atoms with Gasteiger partial charge in [-0.05, 0) is 35.6 Å². The molecule has 2 amide bonds. The molecule has 0 bridgehead atoms. The van der Waals surface area contributed by atoms with Crippen LogP contribution in [-0.2, 0) is 21.4 Å². The Morgan fingerprint density at radius 1 is 1.08 bits per heavy atom. The van der Waals surface area contributed by atoms with E-state index in [-0.39, 0.29) is 31.5 Å². The van der Waals surface area contributed by atoms with Crippen LogP contribution >= 0.6 is 0 Å². The van der Waals surface area contributed by atoms with Gasteiger partial charge in [0.1, 0.15) is 11.4 Å². The third kappa shape index (κ3) is 4.58. The average molecular weight is 540 g/mol. The minimum Gasteiger partial charge on any atom is -0.381 e. The molecule has 0 N–H and O–H groups in total. The van der Waals surface area contributed by atoms with Crippen molar-refractivity contribution in [3.05, 3.63) is 54.2 Å². The summed E-state index contributed by atoms with van der Waals surface area (Å²) in [5.74, 6) is -1.72. The first-order chi connectivity index (χ1) is 18.6. The zero-order valence-corrected chi connectivity index (χ0v) is 21.4. The summed E-state index contributed by atoms with van der Waals surface area (Å²) < 4.78 is 46.2. The number of nitrogens with zero attached hydrogens (tertiary/aromatic N) is 5. The lowest BCUT2D eigenvalue weighted by Crippen LogP contribution is -2.47. The molecule has 0 saturated carbocycles. The summed E-state index contributed by atoms with van der Waals surface area (Å²) >= 11 is 0. The minimum absolute atomic E-state index is 0.0203. The Kier molecular flexibility index (Phi) is 6.21. The smallest absolute Gasteiger partial charge is 0.381 e. The van der Waals surface area contributed by atoms with E-state index in [1.807, 2.05) is 54.3 Å². The third-order valence-corrected chi connectivity index (χ3v) is 8.02. The monoisotopic (exact) mass is 539 g/mol. The molecular weight excluding hydrogens is 511 g/mol. The predicted octanol–water partition coefficient (Wildman–Crippen LogP) is 3.79. The predicted molar refractivity (Wildman–Crippen MR) is 138 cm³/mol. The van der Waals surface area contributed by atoms with Crippen LogP contribution in [0.1, 0.15) is 24.8 Å². The van der Waals surface area contributed by atoms with Gasteiger partial charge in [0.2, 0.25) is 0 Å². The number of benzene rings is 2. The van der Waals surface area contributed by atoms with Gasteiger partial charge in [0.05, 0.1) is 11.7 Å². The van der Waals surface area contributed by atoms with Crippen molar-refractivity contribution in [3.63, 3.8) is 0 Å². The highest BCUT2D eigenvalue weighted by Gasteiger charge is 2.50. The number of aromatic nitrogens is 2. The largest absolute Gasteiger partial charge is 0.471 e. The van der Waals surface area contributed by atoms with Crippen LogP contribution in [0.4, 0.5) is 13.2 Å². The molecule has 1 atom stereocenters. The molecule has 3 aromatic rings. The summed E-state index contributed by atoms with van der Waals surface area (Å²) in [6.45, 7) is 1.03. The average Bonchev–Trinajstić information content (AvgIpc) is 3.62. The SMILES string of the molecule is Cn1ncc2cc(-c3ccc(C4=NC5(CCOCC5)C(=O)N4C[C@@H]4CCN(C(=O)C(F)(F)F)C4)cc3)ccc21. The molecule has 3 aliphatic rings. The van der Waals surface area contributed by atoms with Crippen LogP contribution in [0, 0.1) is 5.92 Å². The molecule has 2 fully saturated rings. The van der Waals surface area contributed by atoms with E-state index in [1.54, 1.807) is 4.90 Å². The van der Waals surface area contributed by atoms with E-state index in [2.05, 4.69) is 11.2 Å². The topological polar surface area (TPSA) is 80.0 Å². The van der Waals surface area contributed by atoms with Crippen molar-refractivity contribution in [1.82, 2.24) is 19.6 Å². The third-order valence-electron chi connectivity index (χ3n) is 8.02. The number of amides is 2. The maximum absolute atomic E-state index is 13.7. The molecule has 8 nitrogen and oxygen atoms in total. The molecule has 4 heterocycles. The number of carbonyl (C=O) groups excluding carboxylic acids is 2. The summed E-state index contributed by atoms with van der Waals surface area (Å²) in [7, 11) is 1.90. The fourth-order valence-electron chi connectivity index (χ4n) is 5.84. The van der Waals surface area contributed by atoms with Crippen LogP contribution in [0.3, 0.4) is 0 Å². The Bertz CT molecular complexity index is 1460. The van der Waals surface area contributed by atoms with Crippen LogP contribution in [0.25, 0.3) is 22.0 Å². The number of hydrogen-bond acceptors (Lipinski definition) is 5. The zero-order valence-electron chi connectivity index (χ0n) is 21.4. The Morgan fingerprint density at radius 3 is 2.49 bits per heavy atom. The number of halogens is 3. The first-order valence-corrected chi connectivity index (χ1v) is 13.0. The number of fused-ring (bicyclic) bond motifs is 1. The second-order valence-corrected chi connectivity index (χ2v) is 10.5. The molecule has 2 aromatic carbocycles. The number of aryl methyl sites for hydroxylation is 1. The highest BCUT2D eigenvalue weighted by molar-refractivity contribution is 6.15. The molecular formula is C28H28F3N5O3. The van der Waals surface area contributed by atoms with Crippen LogP contribution in [0.15, 0.2) is 53.7 Å². The molecule has 39 heavy (non-hydrogen) atoms. The van der Waals surface area contributed by atoms with Gasteiger partial charge in [-0.25, -0.2) is 0 Å². The fraction of sp³-hybridized carbons (Fsp3) is 0.429. The number of alkyl halides is 3. The van der Waals surface area contributed by atoms with Gasteiger partial charge in [-0.1, -0.05) is 30.3 Å². The van der Waals surface area contributed by atoms with Crippen molar-refractivity contribution in [2.24, 2.45) is 18.0 Å². The van der Waals surface area contributed by atoms with E-state index >= 15 is 0 Å². The lowest BCUT2D eigenvalue weighted by atomic mass is 9.90. The zero-order chi connectivity index (χ0) is 27.4. The van der Waals surface area contributed by atoms with Crippen molar-refractivity contribution < 1.29 is 27.5 Å². The molecule has 1 spiro atoms. The van der Waals surface area contributed by atoms with Gasteiger partial charge in [0, 0.05) is 63.7 Å². The fourth-order valence-corrected chi connectivity index (χ4v) is 5.84. The van der Waals surface area contributed by atoms with Crippen molar-refractivity contribution >= 4 is 28.6 Å². The van der Waals surface area contributed by atoms with E-state index in [0.29, 0.717) is 38.3 Å². The lowest BCUT2D eigenvalue weighted by molar-refractivity contribution is -0.184. The normalized spacial score (nSPS) is 21.3. The van der Waals surface area contributed by atoms with E-state index in [0.717, 1.165) is 32.5 Å². The van der Waals surface area contributed by atoms with Gasteiger partial charge in [-0.3, -0.25) is 24.2 Å². The van der Waals surface area contributed by atoms with Gasteiger partial charge >= 0.3 is 12.1 Å². The number of hydrogen-bond donors (Lipinski definition) is 0. The molecule has 11 heteroatoms. The standard InChI is InChI=1S/C28H28F3N5O3/c1-34-23-7-6-21(14-22(23)15-32-34)19-2-4-20(5-3-19)24-33-27(9-12-39-13-10-27)25(37)36(24)17-18-8-11-35(16-18)26(38)28(29,30)31/h2-7,14-15,18H,8-13,16-17H2,1H3/t18-/m1/s1. The number of carbonyl (C=O) groups is 2. The molecule has 6 rings (SSSR count). The molecule has 0 unspecified atom stereocenters. The highest BCUT2D eigenvalue weighted by Crippen LogP contribution is 2.36. The number of amidine groups is 1. The molecule has 2 saturated heterocycles. The first kappa shape index (κ1) is 25.5. The number of ether oxygens (including phenoxy) is 1. The van der Waals surface area contributed by atoms with Gasteiger partial charge in [0.15, 0.2) is 0 Å². The quantitative estimate of drug-likeness (QED) is 0.506. The Hall–Kier alpha value is -3.73. The minimum atomic E-state index is -4.90. The highest BCUT2D eigenvalue weighted by atomic mass is 19.4. The molecule has 3 aliphatic heterocycles. The van der Waals surface area contributed by atoms with E-state index in [4.69, 9.17) is 9.73 Å². The number of likely N-dealkylation sites (tertiary alicyclic amines) is 1. The molecule has 204 valence electrons. The summed E-state index contributed by atoms with van der Waals surface area (Å²) in [5, 5.41) is 5.33. The molecule has 0 radical (unpaired) electrons. The van der Waals surface area contributed by atoms with Gasteiger partial charge in [0.25, 0.3) is 5.91 Å². The Morgan fingerprint density at radius 2 is 1.77 bits per heavy atom. The van der Waals surface area contributed by atoms with Crippen LogP contribution < -0.4 is 0 Å². The van der Waals surface area contributed by atoms with Gasteiger partial charge in [-0.2, -0.15) is 18.3 Å². The second kappa shape index (κ2) is 9.48. The summed E-state index contributed by atoms with van der Waals surface area (Å²) in [6, 6.07) is 13.9. The van der Waals surface area contributed by atoms with Crippen molar-refractivity contribution in [2.45, 2.75) is 31.0 Å². The van der Waals surface area contributed by atoms with Crippen molar-refractivity contribution in [3.8, 4) is 11.1 Å². The molecule has 1 aromatic heterocycles. The maximum Gasteiger partial charge on any atom is 0.471 e. The maximum atomic E-state index is 13.7. The second-order valence-electron chi connectivity index (χ2n) is 10.5. The van der Waals surface area contributed by atoms with E-state index in [1.165, 1.54) is 0 Å². The van der Waals surface area contributed by atoms with Crippen LogP contribution in [0.5, 0.6) is 0 Å². The van der Waals surface area contributed by atoms with Crippen molar-refractivity contribution in [1.29, 1.82) is 0 Å². The van der Waals surface area contributed by atoms with Crippen LogP contribution in [-0.4, -0.2) is 81.8 Å². The summed E-state index contributed by atoms with van der Waals surface area (Å²) in [6.07, 6.45) is -1.77. The first-order valence-electron chi connectivity index (χ1n) is 13.0. The number of aliphatic imine (C=N–C) groups is 1. The van der Waals surface area contributed by atoms with E-state index in [9.17, 15) is 22.8 Å².